The van der Waals surface area contributed by atoms with Crippen LogP contribution < -0.4 is 20.1 Å². The summed E-state index contributed by atoms with van der Waals surface area (Å²) in [6.07, 6.45) is 1.65. The summed E-state index contributed by atoms with van der Waals surface area (Å²) in [5.74, 6) is -0.953. The number of carbonyl (C=O) groups is 4. The second kappa shape index (κ2) is 10.9. The van der Waals surface area contributed by atoms with E-state index in [1.165, 1.54) is 12.3 Å². The third-order valence-electron chi connectivity index (χ3n) is 6.34. The van der Waals surface area contributed by atoms with Crippen LogP contribution in [0.3, 0.4) is 0 Å². The first-order chi connectivity index (χ1) is 18.8. The van der Waals surface area contributed by atoms with E-state index >= 15 is 0 Å². The largest absolute Gasteiger partial charge is 0.476 e. The molecular formula is C28H27N5O6. The highest BCUT2D eigenvalue weighted by Crippen LogP contribution is 2.38. The van der Waals surface area contributed by atoms with Gasteiger partial charge in [0.15, 0.2) is 5.75 Å². The van der Waals surface area contributed by atoms with Crippen molar-refractivity contribution in [2.75, 3.05) is 32.6 Å². The van der Waals surface area contributed by atoms with Crippen LogP contribution in [0.15, 0.2) is 60.8 Å². The minimum absolute atomic E-state index is 0.0454. The predicted octanol–water partition coefficient (Wildman–Crippen LogP) is 2.96. The van der Waals surface area contributed by atoms with E-state index in [9.17, 15) is 19.2 Å². The van der Waals surface area contributed by atoms with E-state index in [1.807, 2.05) is 37.2 Å². The van der Waals surface area contributed by atoms with E-state index in [4.69, 9.17) is 9.47 Å². The van der Waals surface area contributed by atoms with Gasteiger partial charge in [-0.25, -0.2) is 4.98 Å². The third-order valence-corrected chi connectivity index (χ3v) is 6.34. The number of amides is 4. The van der Waals surface area contributed by atoms with Crippen molar-refractivity contribution in [2.45, 2.75) is 18.9 Å². The number of para-hydroxylation sites is 1. The highest BCUT2D eigenvalue weighted by Gasteiger charge is 2.45. The molecule has 1 aromatic heterocycles. The van der Waals surface area contributed by atoms with Crippen molar-refractivity contribution in [3.05, 3.63) is 71.9 Å². The van der Waals surface area contributed by atoms with Crippen LogP contribution in [-0.4, -0.2) is 71.7 Å². The quantitative estimate of drug-likeness (QED) is 0.402. The Balaban J connectivity index is 1.45. The van der Waals surface area contributed by atoms with Crippen LogP contribution in [0.2, 0.25) is 0 Å². The number of nitrogens with zero attached hydrogens (tertiary/aromatic N) is 3. The zero-order chi connectivity index (χ0) is 27.5. The molecule has 1 atom stereocenters. The number of imide groups is 2. The molecule has 39 heavy (non-hydrogen) atoms. The number of pyridine rings is 1. The molecule has 1 fully saturated rings. The van der Waals surface area contributed by atoms with Crippen LogP contribution in [0.25, 0.3) is 0 Å². The molecule has 0 aliphatic carbocycles. The summed E-state index contributed by atoms with van der Waals surface area (Å²) in [6.45, 7) is 1.13. The van der Waals surface area contributed by atoms with E-state index in [-0.39, 0.29) is 24.0 Å². The fourth-order valence-electron chi connectivity index (χ4n) is 4.39. The lowest BCUT2D eigenvalue weighted by atomic mass is 10.0. The number of carbonyl (C=O) groups excluding carboxylic acids is 4. The average molecular weight is 530 g/mol. The number of benzene rings is 2. The fourth-order valence-corrected chi connectivity index (χ4v) is 4.39. The highest BCUT2D eigenvalue weighted by molar-refractivity contribution is 6.25. The standard InChI is InChI=1S/C28H27N5O6/c1-32(2)13-14-38-24-15-22(39-17-7-4-3-5-8-17)20(16-29-24)30-19-10-6-9-18-25(19)28(37)33(27(18)36)21-11-12-23(34)31-26(21)35/h3-10,15-16,21,30H,11-14H2,1-2H3,(H,31,34,35). The van der Waals surface area contributed by atoms with Crippen LogP contribution in [0.4, 0.5) is 11.4 Å². The summed E-state index contributed by atoms with van der Waals surface area (Å²) < 4.78 is 11.9. The average Bonchev–Trinajstić information content (AvgIpc) is 3.16. The molecule has 2 aromatic carbocycles. The van der Waals surface area contributed by atoms with Crippen molar-refractivity contribution in [3.63, 3.8) is 0 Å². The Kier molecular flexibility index (Phi) is 7.24. The van der Waals surface area contributed by atoms with Crippen molar-refractivity contribution in [1.29, 1.82) is 0 Å². The molecule has 0 saturated carbocycles. The molecule has 0 radical (unpaired) electrons. The lowest BCUT2D eigenvalue weighted by Crippen LogP contribution is -2.54. The Hall–Kier alpha value is -4.77. The zero-order valence-corrected chi connectivity index (χ0v) is 21.5. The predicted molar refractivity (Wildman–Crippen MR) is 141 cm³/mol. The molecule has 2 N–H and O–H groups in total. The topological polar surface area (TPSA) is 130 Å². The van der Waals surface area contributed by atoms with Crippen LogP contribution >= 0.6 is 0 Å². The van der Waals surface area contributed by atoms with E-state index in [0.717, 1.165) is 4.90 Å². The molecule has 2 aliphatic heterocycles. The van der Waals surface area contributed by atoms with Gasteiger partial charge in [-0.2, -0.15) is 0 Å². The van der Waals surface area contributed by atoms with Gasteiger partial charge < -0.3 is 19.7 Å². The zero-order valence-electron chi connectivity index (χ0n) is 21.5. The third kappa shape index (κ3) is 5.43. The molecule has 3 heterocycles. The maximum absolute atomic E-state index is 13.5. The molecule has 1 saturated heterocycles. The Bertz CT molecular complexity index is 1440. The van der Waals surface area contributed by atoms with Crippen molar-refractivity contribution in [1.82, 2.24) is 20.1 Å². The number of rotatable bonds is 9. The number of piperidine rings is 1. The smallest absolute Gasteiger partial charge is 0.264 e. The van der Waals surface area contributed by atoms with Gasteiger partial charge in [0.25, 0.3) is 11.8 Å². The van der Waals surface area contributed by atoms with Crippen LogP contribution in [0.5, 0.6) is 17.4 Å². The number of ether oxygens (including phenoxy) is 2. The normalized spacial score (nSPS) is 16.8. The second-order valence-corrected chi connectivity index (χ2v) is 9.39. The Morgan fingerprint density at radius 2 is 1.82 bits per heavy atom. The van der Waals surface area contributed by atoms with Crippen LogP contribution in [0, 0.1) is 0 Å². The van der Waals surface area contributed by atoms with Crippen LogP contribution in [0.1, 0.15) is 33.6 Å². The summed E-state index contributed by atoms with van der Waals surface area (Å²) in [7, 11) is 3.89. The number of nitrogens with one attached hydrogen (secondary N) is 2. The van der Waals surface area contributed by atoms with Gasteiger partial charge in [-0.3, -0.25) is 29.4 Å². The fraction of sp³-hybridized carbons (Fsp3) is 0.250. The summed E-state index contributed by atoms with van der Waals surface area (Å²) >= 11 is 0. The number of aromatic nitrogens is 1. The van der Waals surface area contributed by atoms with Gasteiger partial charge in [-0.15, -0.1) is 0 Å². The van der Waals surface area contributed by atoms with E-state index in [1.54, 1.807) is 30.3 Å². The van der Waals surface area contributed by atoms with Gasteiger partial charge >= 0.3 is 0 Å². The Morgan fingerprint density at radius 3 is 2.56 bits per heavy atom. The number of likely N-dealkylation sites (N-methyl/N-ethyl adjacent to an activating group) is 1. The molecule has 2 aliphatic rings. The monoisotopic (exact) mass is 529 g/mol. The van der Waals surface area contributed by atoms with Crippen molar-refractivity contribution in [2.24, 2.45) is 0 Å². The van der Waals surface area contributed by atoms with Gasteiger partial charge in [0, 0.05) is 19.0 Å². The van der Waals surface area contributed by atoms with Crippen molar-refractivity contribution in [3.8, 4) is 17.4 Å². The van der Waals surface area contributed by atoms with E-state index < -0.39 is 29.7 Å². The van der Waals surface area contributed by atoms with Crippen molar-refractivity contribution < 1.29 is 28.7 Å². The number of anilines is 2. The second-order valence-electron chi connectivity index (χ2n) is 9.39. The summed E-state index contributed by atoms with van der Waals surface area (Å²) in [5, 5.41) is 5.39. The lowest BCUT2D eigenvalue weighted by molar-refractivity contribution is -0.136. The molecule has 0 spiro atoms. The van der Waals surface area contributed by atoms with Gasteiger partial charge in [0.05, 0.1) is 23.0 Å². The van der Waals surface area contributed by atoms with Crippen LogP contribution in [-0.2, 0) is 9.59 Å². The minimum atomic E-state index is -1.06. The first-order valence-corrected chi connectivity index (χ1v) is 12.4. The van der Waals surface area contributed by atoms with Gasteiger partial charge in [0.1, 0.15) is 24.1 Å². The maximum atomic E-state index is 13.5. The van der Waals surface area contributed by atoms with Crippen molar-refractivity contribution >= 4 is 35.0 Å². The molecule has 5 rings (SSSR count). The van der Waals surface area contributed by atoms with E-state index in [0.29, 0.717) is 41.9 Å². The highest BCUT2D eigenvalue weighted by atomic mass is 16.5. The molecule has 3 aromatic rings. The SMILES string of the molecule is CN(C)CCOc1cc(Oc2ccccc2)c(Nc2cccc3c2C(=O)N(C2CCC(=O)NC2=O)C3=O)cn1. The number of hydrogen-bond acceptors (Lipinski definition) is 9. The van der Waals surface area contributed by atoms with Gasteiger partial charge in [-0.05, 0) is 44.8 Å². The molecule has 1 unspecified atom stereocenters. The lowest BCUT2D eigenvalue weighted by Gasteiger charge is -2.27. The Labute approximate surface area is 224 Å². The molecule has 200 valence electrons. The molecule has 11 nitrogen and oxygen atoms in total. The summed E-state index contributed by atoms with van der Waals surface area (Å²) in [5.41, 5.74) is 1.08. The molecular weight excluding hydrogens is 502 g/mol. The first-order valence-electron chi connectivity index (χ1n) is 12.4. The number of hydrogen-bond donors (Lipinski definition) is 2. The van der Waals surface area contributed by atoms with Gasteiger partial charge in [-0.1, -0.05) is 24.3 Å². The molecule has 4 amide bonds. The maximum Gasteiger partial charge on any atom is 0.264 e. The Morgan fingerprint density at radius 1 is 1.03 bits per heavy atom. The van der Waals surface area contributed by atoms with E-state index in [2.05, 4.69) is 15.6 Å². The summed E-state index contributed by atoms with van der Waals surface area (Å²) in [6, 6.07) is 14.6. The summed E-state index contributed by atoms with van der Waals surface area (Å²) in [4.78, 5) is 58.0. The van der Waals surface area contributed by atoms with Gasteiger partial charge in [0.2, 0.25) is 17.7 Å². The molecule has 0 bridgehead atoms. The first kappa shape index (κ1) is 25.9. The minimum Gasteiger partial charge on any atom is -0.476 e. The number of fused-ring (bicyclic) bond motifs is 1. The molecule has 11 heteroatoms.